The van der Waals surface area contributed by atoms with Gasteiger partial charge in [-0.1, -0.05) is 12.1 Å². The number of nitrogens with zero attached hydrogens (tertiary/aromatic N) is 1. The predicted octanol–water partition coefficient (Wildman–Crippen LogP) is 2.32. The number of para-hydroxylation sites is 2. The third-order valence-corrected chi connectivity index (χ3v) is 3.34. The Kier molecular flexibility index (Phi) is 4.84. The number of benzene rings is 1. The molecule has 0 atom stereocenters. The smallest absolute Gasteiger partial charge is 0.173 e. The van der Waals surface area contributed by atoms with Crippen molar-refractivity contribution >= 4 is 11.4 Å². The van der Waals surface area contributed by atoms with Gasteiger partial charge in [0.25, 0.3) is 0 Å². The maximum Gasteiger partial charge on any atom is 0.173 e. The predicted molar refractivity (Wildman–Crippen MR) is 74.2 cm³/mol. The molecule has 1 heterocycles. The van der Waals surface area contributed by atoms with Crippen LogP contribution in [-0.2, 0) is 9.47 Å². The number of nitrogens with one attached hydrogen (secondary N) is 1. The van der Waals surface area contributed by atoms with E-state index < -0.39 is 0 Å². The van der Waals surface area contributed by atoms with Crippen LogP contribution in [0.5, 0.6) is 0 Å². The summed E-state index contributed by atoms with van der Waals surface area (Å²) in [4.78, 5) is 2.43. The van der Waals surface area contributed by atoms with Gasteiger partial charge in [-0.3, -0.25) is 0 Å². The van der Waals surface area contributed by atoms with Crippen molar-refractivity contribution < 1.29 is 9.47 Å². The SMILES string of the molecule is COC(CNc1ccccc1N1CCCC1)OC. The second-order valence-corrected chi connectivity index (χ2v) is 4.49. The molecule has 1 aromatic carbocycles. The van der Waals surface area contributed by atoms with E-state index in [4.69, 9.17) is 9.47 Å². The lowest BCUT2D eigenvalue weighted by molar-refractivity contribution is -0.0914. The van der Waals surface area contributed by atoms with E-state index in [0.29, 0.717) is 6.54 Å². The first kappa shape index (κ1) is 13.2. The fourth-order valence-electron chi connectivity index (χ4n) is 2.31. The standard InChI is InChI=1S/C14H22N2O2/c1-17-14(18-2)11-15-12-7-3-4-8-13(12)16-9-5-6-10-16/h3-4,7-8,14-15H,5-6,9-11H2,1-2H3. The summed E-state index contributed by atoms with van der Waals surface area (Å²) in [6.45, 7) is 2.95. The normalized spacial score (nSPS) is 15.4. The monoisotopic (exact) mass is 250 g/mol. The molecule has 1 aromatic rings. The number of rotatable bonds is 6. The first-order chi connectivity index (χ1) is 8.85. The van der Waals surface area contributed by atoms with Gasteiger partial charge < -0.3 is 19.7 Å². The summed E-state index contributed by atoms with van der Waals surface area (Å²) in [6, 6.07) is 8.41. The van der Waals surface area contributed by atoms with Crippen LogP contribution in [-0.4, -0.2) is 40.1 Å². The molecule has 1 N–H and O–H groups in total. The first-order valence-corrected chi connectivity index (χ1v) is 6.48. The molecular weight excluding hydrogens is 228 g/mol. The highest BCUT2D eigenvalue weighted by atomic mass is 16.7. The first-order valence-electron chi connectivity index (χ1n) is 6.48. The second kappa shape index (κ2) is 6.61. The Morgan fingerprint density at radius 1 is 1.17 bits per heavy atom. The van der Waals surface area contributed by atoms with Crippen molar-refractivity contribution in [1.82, 2.24) is 0 Å². The minimum Gasteiger partial charge on any atom is -0.378 e. The molecule has 0 saturated carbocycles. The molecule has 0 unspecified atom stereocenters. The molecular formula is C14H22N2O2. The summed E-state index contributed by atoms with van der Waals surface area (Å²) in [5.74, 6) is 0. The van der Waals surface area contributed by atoms with E-state index >= 15 is 0 Å². The highest BCUT2D eigenvalue weighted by Gasteiger charge is 2.15. The van der Waals surface area contributed by atoms with E-state index in [2.05, 4.69) is 34.5 Å². The van der Waals surface area contributed by atoms with Gasteiger partial charge in [0.2, 0.25) is 0 Å². The van der Waals surface area contributed by atoms with Gasteiger partial charge in [-0.2, -0.15) is 0 Å². The number of anilines is 2. The van der Waals surface area contributed by atoms with Crippen molar-refractivity contribution in [1.29, 1.82) is 0 Å². The molecule has 0 amide bonds. The highest BCUT2D eigenvalue weighted by Crippen LogP contribution is 2.28. The van der Waals surface area contributed by atoms with Gasteiger partial charge in [-0.15, -0.1) is 0 Å². The molecule has 4 heteroatoms. The summed E-state index contributed by atoms with van der Waals surface area (Å²) < 4.78 is 10.4. The molecule has 18 heavy (non-hydrogen) atoms. The van der Waals surface area contributed by atoms with E-state index in [0.717, 1.165) is 18.8 Å². The quantitative estimate of drug-likeness (QED) is 0.786. The molecule has 0 spiro atoms. The Labute approximate surface area is 109 Å². The third-order valence-electron chi connectivity index (χ3n) is 3.34. The Morgan fingerprint density at radius 3 is 2.50 bits per heavy atom. The lowest BCUT2D eigenvalue weighted by Crippen LogP contribution is -2.25. The summed E-state index contributed by atoms with van der Waals surface area (Å²) in [7, 11) is 3.31. The Bertz CT molecular complexity index is 361. The molecule has 0 aliphatic carbocycles. The van der Waals surface area contributed by atoms with Crippen LogP contribution >= 0.6 is 0 Å². The molecule has 1 fully saturated rings. The molecule has 0 aromatic heterocycles. The van der Waals surface area contributed by atoms with Crippen molar-refractivity contribution in [3.63, 3.8) is 0 Å². The fraction of sp³-hybridized carbons (Fsp3) is 0.571. The van der Waals surface area contributed by atoms with Gasteiger partial charge >= 0.3 is 0 Å². The van der Waals surface area contributed by atoms with E-state index in [1.54, 1.807) is 14.2 Å². The summed E-state index contributed by atoms with van der Waals surface area (Å²) in [5, 5.41) is 3.40. The molecule has 2 rings (SSSR count). The Hall–Kier alpha value is -1.26. The largest absolute Gasteiger partial charge is 0.378 e. The Morgan fingerprint density at radius 2 is 1.83 bits per heavy atom. The second-order valence-electron chi connectivity index (χ2n) is 4.49. The third kappa shape index (κ3) is 3.15. The van der Waals surface area contributed by atoms with Gasteiger partial charge in [0.15, 0.2) is 6.29 Å². The van der Waals surface area contributed by atoms with Crippen LogP contribution in [0.4, 0.5) is 11.4 Å². The van der Waals surface area contributed by atoms with Crippen LogP contribution in [0.25, 0.3) is 0 Å². The van der Waals surface area contributed by atoms with Gasteiger partial charge in [0.1, 0.15) is 0 Å². The zero-order chi connectivity index (χ0) is 12.8. The van der Waals surface area contributed by atoms with E-state index in [9.17, 15) is 0 Å². The molecule has 1 aliphatic heterocycles. The summed E-state index contributed by atoms with van der Waals surface area (Å²) >= 11 is 0. The molecule has 100 valence electrons. The summed E-state index contributed by atoms with van der Waals surface area (Å²) in [5.41, 5.74) is 2.43. The molecule has 0 bridgehead atoms. The van der Waals surface area contributed by atoms with E-state index in [1.807, 2.05) is 0 Å². The van der Waals surface area contributed by atoms with Crippen LogP contribution in [0.1, 0.15) is 12.8 Å². The zero-order valence-electron chi connectivity index (χ0n) is 11.2. The molecule has 1 aliphatic rings. The number of hydrogen-bond donors (Lipinski definition) is 1. The van der Waals surface area contributed by atoms with Gasteiger partial charge in [0.05, 0.1) is 17.9 Å². The minimum atomic E-state index is -0.211. The maximum absolute atomic E-state index is 5.19. The average molecular weight is 250 g/mol. The van der Waals surface area contributed by atoms with Crippen molar-refractivity contribution in [2.45, 2.75) is 19.1 Å². The number of hydrogen-bond acceptors (Lipinski definition) is 4. The lowest BCUT2D eigenvalue weighted by atomic mass is 10.2. The fourth-order valence-corrected chi connectivity index (χ4v) is 2.31. The minimum absolute atomic E-state index is 0.211. The van der Waals surface area contributed by atoms with Crippen molar-refractivity contribution in [2.24, 2.45) is 0 Å². The molecule has 4 nitrogen and oxygen atoms in total. The van der Waals surface area contributed by atoms with Gasteiger partial charge in [-0.25, -0.2) is 0 Å². The van der Waals surface area contributed by atoms with Crippen molar-refractivity contribution in [3.05, 3.63) is 24.3 Å². The van der Waals surface area contributed by atoms with E-state index in [-0.39, 0.29) is 6.29 Å². The molecule has 0 radical (unpaired) electrons. The highest BCUT2D eigenvalue weighted by molar-refractivity contribution is 5.70. The maximum atomic E-state index is 5.19. The van der Waals surface area contributed by atoms with Crippen LogP contribution in [0.15, 0.2) is 24.3 Å². The lowest BCUT2D eigenvalue weighted by Gasteiger charge is -2.23. The van der Waals surface area contributed by atoms with Crippen LogP contribution in [0.3, 0.4) is 0 Å². The number of methoxy groups -OCH3 is 2. The zero-order valence-corrected chi connectivity index (χ0v) is 11.2. The number of ether oxygens (including phenoxy) is 2. The van der Waals surface area contributed by atoms with Crippen LogP contribution < -0.4 is 10.2 Å². The van der Waals surface area contributed by atoms with Crippen molar-refractivity contribution in [2.75, 3.05) is 44.1 Å². The average Bonchev–Trinajstić information content (AvgIpc) is 2.94. The van der Waals surface area contributed by atoms with Crippen molar-refractivity contribution in [3.8, 4) is 0 Å². The van der Waals surface area contributed by atoms with Crippen LogP contribution in [0, 0.1) is 0 Å². The van der Waals surface area contributed by atoms with Gasteiger partial charge in [-0.05, 0) is 25.0 Å². The molecule has 1 saturated heterocycles. The Balaban J connectivity index is 2.02. The topological polar surface area (TPSA) is 33.7 Å². The van der Waals surface area contributed by atoms with E-state index in [1.165, 1.54) is 18.5 Å². The van der Waals surface area contributed by atoms with Gasteiger partial charge in [0, 0.05) is 27.3 Å². The summed E-state index contributed by atoms with van der Waals surface area (Å²) in [6.07, 6.45) is 2.36. The van der Waals surface area contributed by atoms with Crippen LogP contribution in [0.2, 0.25) is 0 Å².